The van der Waals surface area contributed by atoms with Gasteiger partial charge in [0.15, 0.2) is 5.65 Å². The zero-order valence-electron chi connectivity index (χ0n) is 68.6. The molecule has 6 heterocycles. The zero-order valence-corrected chi connectivity index (χ0v) is 52.6. The van der Waals surface area contributed by atoms with Gasteiger partial charge in [0.2, 0.25) is 35.4 Å². The summed E-state index contributed by atoms with van der Waals surface area (Å²) in [7, 11) is 0. The van der Waals surface area contributed by atoms with Crippen LogP contribution in [0.3, 0.4) is 0 Å². The number of hydrogen-bond donors (Lipinski definition) is 6. The number of rotatable bonds is 0. The van der Waals surface area contributed by atoms with E-state index in [4.69, 9.17) is 22.1 Å². The van der Waals surface area contributed by atoms with Crippen LogP contribution in [0.2, 0.25) is 5.65 Å². The Morgan fingerprint density at radius 3 is 1.09 bits per heavy atom. The predicted molar refractivity (Wildman–Crippen MR) is 324 cm³/mol. The lowest BCUT2D eigenvalue weighted by molar-refractivity contribution is -0.138. The van der Waals surface area contributed by atoms with Gasteiger partial charge in [0, 0.05) is 50.6 Å². The normalized spacial score (nSPS) is 41.2. The first kappa shape index (κ1) is 48.0. The van der Waals surface area contributed by atoms with E-state index in [1.807, 2.05) is 132 Å². The fourth-order valence-corrected chi connectivity index (χ4v) is 7.41. The first-order valence-electron chi connectivity index (χ1n) is 35.0. The Morgan fingerprint density at radius 1 is 0.346 bits per heavy atom. The first-order valence-corrected chi connectivity index (χ1v) is 26.8. The number of allylic oxidation sites excluding steroid dienone is 6. The van der Waals surface area contributed by atoms with Gasteiger partial charge in [-0.1, -0.05) is 206 Å². The van der Waals surface area contributed by atoms with Crippen molar-refractivity contribution in [1.29, 1.82) is 0 Å². The molecular weight excluding hydrogens is 973 g/mol. The Balaban J connectivity index is 0.000000564. The summed E-state index contributed by atoms with van der Waals surface area (Å²) in [6, 6.07) is 0. The molecule has 6 N–H and O–H groups in total. The maximum atomic E-state index is 12.1. The minimum absolute atomic E-state index is 0.0146. The average molecular weight is 1100 g/mol. The van der Waals surface area contributed by atoms with E-state index < -0.39 is 123 Å². The largest absolute Gasteiger partial charge is 0.330 e. The highest BCUT2D eigenvalue weighted by Crippen LogP contribution is 2.49. The van der Waals surface area contributed by atoms with E-state index in [0.29, 0.717) is 29.2 Å². The van der Waals surface area contributed by atoms with Crippen molar-refractivity contribution in [2.24, 2.45) is 65.0 Å². The highest BCUT2D eigenvalue weighted by Gasteiger charge is 2.50. The molecule has 12 heteroatoms. The summed E-state index contributed by atoms with van der Waals surface area (Å²) in [5, 5.41) is 7.95. The molecule has 0 spiro atoms. The quantitative estimate of drug-likeness (QED) is 0.141. The van der Waals surface area contributed by atoms with Crippen molar-refractivity contribution in [3.05, 3.63) is 73.7 Å². The number of carbonyl (C=O) groups is 6. The van der Waals surface area contributed by atoms with Crippen molar-refractivity contribution < 1.29 is 50.9 Å². The average Bonchev–Trinajstić information content (AvgIpc) is 0.759. The van der Waals surface area contributed by atoms with Gasteiger partial charge in [-0.15, -0.1) is 0 Å². The number of amides is 6. The summed E-state index contributed by atoms with van der Waals surface area (Å²) in [4.78, 5) is 72.4. The molecule has 6 amide bonds. The molecule has 78 heavy (non-hydrogen) atoms. The molecule has 6 aliphatic rings. The molecule has 12 unspecified atom stereocenters. The Labute approximate surface area is 498 Å². The number of nitrogens with one attached hydrogen (secondary N) is 6. The van der Waals surface area contributed by atoms with Crippen LogP contribution in [0.4, 0.5) is 0 Å². The Bertz CT molecular complexity index is 2990. The van der Waals surface area contributed by atoms with Gasteiger partial charge < -0.3 is 31.9 Å². The molecule has 6 saturated heterocycles. The van der Waals surface area contributed by atoms with Gasteiger partial charge in [-0.3, -0.25) is 28.8 Å². The van der Waals surface area contributed by atoms with Gasteiger partial charge in [0.05, 0.1) is 32.5 Å². The molecule has 12 nitrogen and oxygen atoms in total. The summed E-state index contributed by atoms with van der Waals surface area (Å²) in [6.07, 6.45) is -9.74. The third-order valence-corrected chi connectivity index (χ3v) is 17.6. The third kappa shape index (κ3) is 16.7. The number of carbonyl (C=O) groups excluding carboxylic acids is 6. The van der Waals surface area contributed by atoms with E-state index >= 15 is 0 Å². The molecule has 6 aliphatic heterocycles. The Kier molecular flexibility index (Phi) is 15.4. The molecule has 0 bridgehead atoms. The van der Waals surface area contributed by atoms with Crippen LogP contribution in [0.5, 0.6) is 0 Å². The van der Waals surface area contributed by atoms with E-state index in [1.165, 1.54) is 0 Å². The van der Waals surface area contributed by atoms with Crippen LogP contribution in [0.25, 0.3) is 0 Å². The lowest BCUT2D eigenvalue weighted by atomic mass is 9.63. The van der Waals surface area contributed by atoms with Crippen molar-refractivity contribution in [1.82, 2.24) is 31.9 Å². The fraction of sp³-hybridized carbons (Fsp3) is 0.727. The molecule has 0 aromatic rings. The van der Waals surface area contributed by atoms with E-state index in [9.17, 15) is 28.8 Å². The van der Waals surface area contributed by atoms with E-state index in [2.05, 4.69) is 50.1 Å². The van der Waals surface area contributed by atoms with E-state index in [-0.39, 0.29) is 69.4 Å². The molecule has 0 aromatic carbocycles. The maximum absolute atomic E-state index is 12.1. The summed E-state index contributed by atoms with van der Waals surface area (Å²) in [5.74, 6) is -2.08. The zero-order chi connectivity index (χ0) is 75.7. The van der Waals surface area contributed by atoms with Crippen molar-refractivity contribution in [3.63, 3.8) is 0 Å². The predicted octanol–water partition coefficient (Wildman–Crippen LogP) is 14.8. The van der Waals surface area contributed by atoms with Crippen LogP contribution >= 0.6 is 0 Å². The van der Waals surface area contributed by atoms with Crippen molar-refractivity contribution in [3.8, 4) is 0 Å². The summed E-state index contributed by atoms with van der Waals surface area (Å²) >= 11 is 0. The van der Waals surface area contributed by atoms with Crippen LogP contribution in [0.15, 0.2) is 73.7 Å². The standard InChI is InChI=1S/6C11H19NO/c6*1-8-6-7-11(5,9(13)12-8)10(2,3)4/h6*1,6-7H2,2-5H3,(H,12,13)/i6D2,7D;6D,7D2;6D,7D;7D;6D2;6D/hD4. The molecule has 6 fully saturated rings. The van der Waals surface area contributed by atoms with Gasteiger partial charge in [-0.25, -0.2) is 0 Å². The van der Waals surface area contributed by atoms with Crippen molar-refractivity contribution >= 4 is 35.4 Å². The van der Waals surface area contributed by atoms with Gasteiger partial charge in [0.1, 0.15) is 0 Å². The van der Waals surface area contributed by atoms with Gasteiger partial charge in [-0.2, -0.15) is 0 Å². The summed E-state index contributed by atoms with van der Waals surface area (Å²) in [6.45, 7) is 65.5. The van der Waals surface area contributed by atoms with Gasteiger partial charge in [0.25, 0.3) is 0 Å². The van der Waals surface area contributed by atoms with E-state index in [0.717, 1.165) is 10.6 Å². The van der Waals surface area contributed by atoms with Crippen molar-refractivity contribution in [2.75, 3.05) is 0 Å². The first-order chi connectivity index (χ1) is 41.1. The SMILES string of the molecule is [2H]C1C(=C)N([2H])C(=O)C(C)(C(C)(C)C)C1[2H].[2H]C1C(=C)NC(=O)C(C)(C(C)(C)C)C1([2H])[2H].[2H]C1C([2H])([2H])C(=C)NC(=O)C1(C)C(C)(C)C.[2H]C1CC(=C)N([2H])C(=O)C1(C)C(C)(C)C.[2H]C1CC(C)(C(C)(C)C)C(=O)N([2H])C1=C.[2H]N1C(=C)C([2H])([2H])CC(C)(C(C)(C)C)C1=O. The second kappa shape index (κ2) is 25.0. The van der Waals surface area contributed by atoms with Gasteiger partial charge >= 0.3 is 0 Å². The molecule has 0 radical (unpaired) electrons. The van der Waals surface area contributed by atoms with Crippen LogP contribution in [0, 0.1) is 65.0 Å². The fourth-order valence-electron chi connectivity index (χ4n) is 7.41. The molecule has 0 saturated carbocycles. The summed E-state index contributed by atoms with van der Waals surface area (Å²) in [5.41, 5.74) is -7.32. The second-order valence-corrected chi connectivity index (χ2v) is 28.6. The van der Waals surface area contributed by atoms with Gasteiger partial charge in [-0.05, 0) is 109 Å². The molecule has 444 valence electrons. The molecule has 0 aromatic heterocycles. The lowest BCUT2D eigenvalue weighted by Gasteiger charge is -2.43. The Morgan fingerprint density at radius 2 is 0.667 bits per heavy atom. The highest BCUT2D eigenvalue weighted by molar-refractivity contribution is 5.88. The van der Waals surface area contributed by atoms with E-state index in [1.54, 1.807) is 34.6 Å². The van der Waals surface area contributed by atoms with Crippen LogP contribution in [-0.2, 0) is 28.8 Å². The summed E-state index contributed by atoms with van der Waals surface area (Å²) < 4.78 is 126. The van der Waals surface area contributed by atoms with Crippen LogP contribution < -0.4 is 31.9 Å². The molecule has 6 rings (SSSR count). The number of piperidine rings is 6. The minimum atomic E-state index is -1.93. The maximum Gasteiger partial charge on any atom is 0.230 e. The molecular formula is C66H114N6O6. The Hall–Kier alpha value is -4.74. The number of hydrogen-bond acceptors (Lipinski definition) is 6. The van der Waals surface area contributed by atoms with Crippen LogP contribution in [0.1, 0.15) is 259 Å². The van der Waals surface area contributed by atoms with Crippen LogP contribution in [-0.4, -0.2) is 35.4 Å². The third-order valence-electron chi connectivity index (χ3n) is 17.6. The smallest absolute Gasteiger partial charge is 0.230 e. The molecule has 12 atom stereocenters. The second-order valence-electron chi connectivity index (χ2n) is 28.6. The lowest BCUT2D eigenvalue weighted by Crippen LogP contribution is -2.49. The molecule has 0 aliphatic carbocycles. The minimum Gasteiger partial charge on any atom is -0.330 e. The monoisotopic (exact) mass is 1100 g/mol. The topological polar surface area (TPSA) is 175 Å². The highest BCUT2D eigenvalue weighted by atomic mass is 16.2. The van der Waals surface area contributed by atoms with Crippen molar-refractivity contribution in [2.45, 2.75) is 243 Å².